The highest BCUT2D eigenvalue weighted by atomic mass is 127. The molecular formula is C13H21FIN3. The van der Waals surface area contributed by atoms with Gasteiger partial charge in [0.1, 0.15) is 5.82 Å². The first-order chi connectivity index (χ1) is 8.17. The summed E-state index contributed by atoms with van der Waals surface area (Å²) < 4.78 is 13.0. The predicted octanol–water partition coefficient (Wildman–Crippen LogP) is 2.86. The molecule has 1 aromatic rings. The van der Waals surface area contributed by atoms with E-state index >= 15 is 0 Å². The van der Waals surface area contributed by atoms with Crippen molar-refractivity contribution in [3.8, 4) is 0 Å². The van der Waals surface area contributed by atoms with Gasteiger partial charge in [-0.05, 0) is 24.1 Å². The van der Waals surface area contributed by atoms with Crippen LogP contribution in [0.4, 0.5) is 4.39 Å². The first kappa shape index (κ1) is 17.2. The van der Waals surface area contributed by atoms with Crippen molar-refractivity contribution >= 4 is 29.9 Å². The third kappa shape index (κ3) is 5.66. The van der Waals surface area contributed by atoms with Gasteiger partial charge in [0, 0.05) is 27.2 Å². The van der Waals surface area contributed by atoms with Crippen LogP contribution in [0.2, 0.25) is 0 Å². The molecule has 0 aliphatic heterocycles. The van der Waals surface area contributed by atoms with Crippen molar-refractivity contribution in [1.29, 1.82) is 0 Å². The largest absolute Gasteiger partial charge is 0.356 e. The van der Waals surface area contributed by atoms with Gasteiger partial charge in [0.15, 0.2) is 5.96 Å². The van der Waals surface area contributed by atoms with Crippen LogP contribution in [0.3, 0.4) is 0 Å². The normalized spacial score (nSPS) is 10.8. The average Bonchev–Trinajstić information content (AvgIpc) is 2.30. The van der Waals surface area contributed by atoms with Crippen LogP contribution >= 0.6 is 24.0 Å². The molecule has 0 aliphatic rings. The van der Waals surface area contributed by atoms with Crippen LogP contribution in [0.5, 0.6) is 0 Å². The van der Waals surface area contributed by atoms with E-state index in [4.69, 9.17) is 0 Å². The summed E-state index contributed by atoms with van der Waals surface area (Å²) in [6, 6.07) is 6.63. The molecule has 0 spiro atoms. The van der Waals surface area contributed by atoms with Gasteiger partial charge in [-0.2, -0.15) is 0 Å². The van der Waals surface area contributed by atoms with E-state index in [0.29, 0.717) is 6.54 Å². The molecular weight excluding hydrogens is 344 g/mol. The zero-order valence-corrected chi connectivity index (χ0v) is 13.4. The third-order valence-electron chi connectivity index (χ3n) is 2.42. The van der Waals surface area contributed by atoms with Crippen LogP contribution in [0, 0.1) is 5.82 Å². The number of aliphatic imine (C=N–C) groups is 1. The van der Waals surface area contributed by atoms with E-state index in [9.17, 15) is 4.39 Å². The second-order valence-corrected chi connectivity index (χ2v) is 3.96. The standard InChI is InChI=1S/C13H20FN3.HI/c1-4-8-16-13(15-2)17(3)10-11-6-5-7-12(14)9-11;/h5-7,9H,4,8,10H2,1-3H3,(H,15,16);1H. The van der Waals surface area contributed by atoms with Gasteiger partial charge < -0.3 is 10.2 Å². The summed E-state index contributed by atoms with van der Waals surface area (Å²) in [6.45, 7) is 3.63. The van der Waals surface area contributed by atoms with E-state index in [1.165, 1.54) is 6.07 Å². The first-order valence-corrected chi connectivity index (χ1v) is 5.83. The number of hydrogen-bond donors (Lipinski definition) is 1. The summed E-state index contributed by atoms with van der Waals surface area (Å²) in [4.78, 5) is 6.16. The summed E-state index contributed by atoms with van der Waals surface area (Å²) in [7, 11) is 3.69. The van der Waals surface area contributed by atoms with Crippen molar-refractivity contribution in [2.45, 2.75) is 19.9 Å². The van der Waals surface area contributed by atoms with E-state index in [1.807, 2.05) is 18.0 Å². The summed E-state index contributed by atoms with van der Waals surface area (Å²) >= 11 is 0. The quantitative estimate of drug-likeness (QED) is 0.505. The maximum atomic E-state index is 13.0. The Morgan fingerprint density at radius 3 is 2.72 bits per heavy atom. The van der Waals surface area contributed by atoms with Crippen LogP contribution in [-0.4, -0.2) is 31.5 Å². The average molecular weight is 365 g/mol. The molecule has 0 saturated carbocycles. The molecule has 0 fully saturated rings. The topological polar surface area (TPSA) is 27.6 Å². The fourth-order valence-corrected chi connectivity index (χ4v) is 1.61. The number of nitrogens with one attached hydrogen (secondary N) is 1. The van der Waals surface area contributed by atoms with Gasteiger partial charge in [-0.25, -0.2) is 4.39 Å². The Bertz CT molecular complexity index is 382. The SMILES string of the molecule is CCCNC(=NC)N(C)Cc1cccc(F)c1.I. The second kappa shape index (κ2) is 9.13. The lowest BCUT2D eigenvalue weighted by Gasteiger charge is -2.22. The number of nitrogens with zero attached hydrogens (tertiary/aromatic N) is 2. The Morgan fingerprint density at radius 1 is 1.44 bits per heavy atom. The number of halogens is 2. The number of guanidine groups is 1. The van der Waals surface area contributed by atoms with Crippen LogP contribution in [0.25, 0.3) is 0 Å². The molecule has 102 valence electrons. The van der Waals surface area contributed by atoms with Crippen LogP contribution in [-0.2, 0) is 6.54 Å². The molecule has 0 amide bonds. The molecule has 0 aliphatic carbocycles. The van der Waals surface area contributed by atoms with Crippen molar-refractivity contribution in [2.75, 3.05) is 20.6 Å². The van der Waals surface area contributed by atoms with Gasteiger partial charge in [0.2, 0.25) is 0 Å². The molecule has 5 heteroatoms. The maximum Gasteiger partial charge on any atom is 0.193 e. The first-order valence-electron chi connectivity index (χ1n) is 5.83. The fraction of sp³-hybridized carbons (Fsp3) is 0.462. The van der Waals surface area contributed by atoms with Crippen molar-refractivity contribution in [3.63, 3.8) is 0 Å². The highest BCUT2D eigenvalue weighted by Crippen LogP contribution is 2.06. The zero-order valence-electron chi connectivity index (χ0n) is 11.1. The van der Waals surface area contributed by atoms with Gasteiger partial charge in [0.05, 0.1) is 0 Å². The van der Waals surface area contributed by atoms with E-state index < -0.39 is 0 Å². The van der Waals surface area contributed by atoms with Gasteiger partial charge in [-0.15, -0.1) is 24.0 Å². The van der Waals surface area contributed by atoms with E-state index in [2.05, 4.69) is 17.2 Å². The lowest BCUT2D eigenvalue weighted by Crippen LogP contribution is -2.38. The minimum atomic E-state index is -0.201. The molecule has 3 nitrogen and oxygen atoms in total. The smallest absolute Gasteiger partial charge is 0.193 e. The van der Waals surface area contributed by atoms with Crippen molar-refractivity contribution in [1.82, 2.24) is 10.2 Å². The highest BCUT2D eigenvalue weighted by Gasteiger charge is 2.05. The lowest BCUT2D eigenvalue weighted by atomic mass is 10.2. The third-order valence-corrected chi connectivity index (χ3v) is 2.42. The molecule has 1 rings (SSSR count). The fourth-order valence-electron chi connectivity index (χ4n) is 1.61. The number of rotatable bonds is 4. The molecule has 0 unspecified atom stereocenters. The number of hydrogen-bond acceptors (Lipinski definition) is 1. The number of benzene rings is 1. The van der Waals surface area contributed by atoms with Crippen LogP contribution in [0.15, 0.2) is 29.3 Å². The second-order valence-electron chi connectivity index (χ2n) is 3.96. The molecule has 0 radical (unpaired) electrons. The molecule has 1 N–H and O–H groups in total. The Labute approximate surface area is 126 Å². The summed E-state index contributed by atoms with van der Waals surface area (Å²) in [5, 5.41) is 3.24. The Morgan fingerprint density at radius 2 is 2.17 bits per heavy atom. The molecule has 18 heavy (non-hydrogen) atoms. The van der Waals surface area contributed by atoms with Gasteiger partial charge in [-0.1, -0.05) is 19.1 Å². The van der Waals surface area contributed by atoms with Crippen LogP contribution < -0.4 is 5.32 Å². The monoisotopic (exact) mass is 365 g/mol. The summed E-state index contributed by atoms with van der Waals surface area (Å²) in [6.07, 6.45) is 1.05. The highest BCUT2D eigenvalue weighted by molar-refractivity contribution is 14.0. The predicted molar refractivity (Wildman–Crippen MR) is 84.9 cm³/mol. The van der Waals surface area contributed by atoms with Crippen molar-refractivity contribution < 1.29 is 4.39 Å². The van der Waals surface area contributed by atoms with Gasteiger partial charge in [0.25, 0.3) is 0 Å². The summed E-state index contributed by atoms with van der Waals surface area (Å²) in [5.74, 6) is 0.628. The van der Waals surface area contributed by atoms with E-state index in [-0.39, 0.29) is 29.8 Å². The Hall–Kier alpha value is -0.850. The molecule has 1 aromatic carbocycles. The van der Waals surface area contributed by atoms with E-state index in [0.717, 1.165) is 24.5 Å². The molecule has 0 atom stereocenters. The Balaban J connectivity index is 0.00000289. The Kier molecular flexibility index (Phi) is 8.70. The minimum absolute atomic E-state index is 0. The summed E-state index contributed by atoms with van der Waals surface area (Å²) in [5.41, 5.74) is 0.937. The van der Waals surface area contributed by atoms with Gasteiger partial charge in [-0.3, -0.25) is 4.99 Å². The molecule has 0 saturated heterocycles. The molecule has 0 heterocycles. The maximum absolute atomic E-state index is 13.0. The van der Waals surface area contributed by atoms with Crippen molar-refractivity contribution in [3.05, 3.63) is 35.6 Å². The van der Waals surface area contributed by atoms with E-state index in [1.54, 1.807) is 19.2 Å². The molecule has 0 bridgehead atoms. The van der Waals surface area contributed by atoms with Crippen molar-refractivity contribution in [2.24, 2.45) is 4.99 Å². The zero-order chi connectivity index (χ0) is 12.7. The van der Waals surface area contributed by atoms with Gasteiger partial charge >= 0.3 is 0 Å². The lowest BCUT2D eigenvalue weighted by molar-refractivity contribution is 0.475. The minimum Gasteiger partial charge on any atom is -0.356 e. The van der Waals surface area contributed by atoms with Crippen LogP contribution in [0.1, 0.15) is 18.9 Å². The molecule has 0 aromatic heterocycles.